The van der Waals surface area contributed by atoms with Crippen LogP contribution in [0.4, 0.5) is 0 Å². The maximum Gasteiger partial charge on any atom is 0.0113 e. The lowest BCUT2D eigenvalue weighted by Crippen LogP contribution is -2.52. The highest BCUT2D eigenvalue weighted by Gasteiger charge is 2.30. The minimum absolute atomic E-state index is 0.721. The molecule has 0 radical (unpaired) electrons. The Morgan fingerprint density at radius 2 is 1.76 bits per heavy atom. The monoisotopic (exact) mass is 239 g/mol. The Bertz CT molecular complexity index is 216. The second-order valence-corrected chi connectivity index (χ2v) is 6.02. The van der Waals surface area contributed by atoms with Gasteiger partial charge >= 0.3 is 0 Å². The summed E-state index contributed by atoms with van der Waals surface area (Å²) in [5.74, 6) is 0.963. The summed E-state index contributed by atoms with van der Waals surface area (Å²) in [6.07, 6.45) is 2.80. The van der Waals surface area contributed by atoms with Crippen molar-refractivity contribution in [1.29, 1.82) is 0 Å². The topological polar surface area (TPSA) is 18.5 Å². The van der Waals surface area contributed by atoms with Crippen LogP contribution in [0.1, 0.15) is 33.6 Å². The molecule has 2 aliphatic rings. The van der Waals surface area contributed by atoms with Crippen LogP contribution in [-0.2, 0) is 0 Å². The molecule has 0 bridgehead atoms. The lowest BCUT2D eigenvalue weighted by Gasteiger charge is -2.42. The average Bonchev–Trinajstić information content (AvgIpc) is 2.27. The molecule has 0 amide bonds. The molecule has 2 rings (SSSR count). The van der Waals surface area contributed by atoms with Crippen molar-refractivity contribution in [2.45, 2.75) is 45.7 Å². The fourth-order valence-electron chi connectivity index (χ4n) is 3.17. The Labute approximate surface area is 107 Å². The average molecular weight is 239 g/mol. The molecule has 0 aromatic carbocycles. The summed E-state index contributed by atoms with van der Waals surface area (Å²) in [7, 11) is 0. The van der Waals surface area contributed by atoms with Gasteiger partial charge < -0.3 is 10.2 Å². The molecule has 2 fully saturated rings. The second kappa shape index (κ2) is 6.17. The Hall–Kier alpha value is -0.120. The maximum atomic E-state index is 3.54. The number of piperazine rings is 1. The first-order valence-electron chi connectivity index (χ1n) is 7.38. The summed E-state index contributed by atoms with van der Waals surface area (Å²) >= 11 is 0. The largest absolute Gasteiger partial charge is 0.314 e. The van der Waals surface area contributed by atoms with Gasteiger partial charge in [-0.1, -0.05) is 6.92 Å². The molecule has 0 unspecified atom stereocenters. The summed E-state index contributed by atoms with van der Waals surface area (Å²) in [6.45, 7) is 14.4. The van der Waals surface area contributed by atoms with Gasteiger partial charge in [0, 0.05) is 44.8 Å². The maximum absolute atomic E-state index is 3.54. The first-order valence-corrected chi connectivity index (χ1v) is 7.38. The fourth-order valence-corrected chi connectivity index (χ4v) is 3.17. The molecule has 1 saturated heterocycles. The molecule has 1 saturated carbocycles. The van der Waals surface area contributed by atoms with Crippen LogP contribution >= 0.6 is 0 Å². The molecule has 0 aromatic heterocycles. The molecular weight excluding hydrogens is 210 g/mol. The first kappa shape index (κ1) is 13.3. The van der Waals surface area contributed by atoms with Gasteiger partial charge in [0.2, 0.25) is 0 Å². The Kier molecular flexibility index (Phi) is 4.83. The quantitative estimate of drug-likeness (QED) is 0.782. The van der Waals surface area contributed by atoms with Crippen molar-refractivity contribution in [2.24, 2.45) is 5.92 Å². The van der Waals surface area contributed by atoms with Gasteiger partial charge in [-0.25, -0.2) is 0 Å². The molecule has 1 N–H and O–H groups in total. The van der Waals surface area contributed by atoms with Gasteiger partial charge in [-0.05, 0) is 39.2 Å². The van der Waals surface area contributed by atoms with Gasteiger partial charge in [-0.2, -0.15) is 0 Å². The molecule has 1 aliphatic heterocycles. The predicted molar refractivity (Wildman–Crippen MR) is 73.3 cm³/mol. The third-order valence-corrected chi connectivity index (χ3v) is 4.38. The SMILES string of the molecule is CCN[C@H]1C[C@H](CN2CCN(C(C)C)CC2)C1. The van der Waals surface area contributed by atoms with Gasteiger partial charge in [-0.15, -0.1) is 0 Å². The normalized spacial score (nSPS) is 31.8. The highest BCUT2D eigenvalue weighted by molar-refractivity contribution is 4.87. The van der Waals surface area contributed by atoms with Crippen molar-refractivity contribution in [1.82, 2.24) is 15.1 Å². The van der Waals surface area contributed by atoms with Crippen LogP contribution < -0.4 is 5.32 Å². The standard InChI is InChI=1S/C14H29N3/c1-4-15-14-9-13(10-14)11-16-5-7-17(8-6-16)12(2)3/h12-15H,4-11H2,1-3H3/t13-,14-. The molecule has 0 aromatic rings. The molecule has 100 valence electrons. The van der Waals surface area contributed by atoms with Crippen molar-refractivity contribution >= 4 is 0 Å². The van der Waals surface area contributed by atoms with Gasteiger partial charge in [0.15, 0.2) is 0 Å². The van der Waals surface area contributed by atoms with E-state index in [0.29, 0.717) is 0 Å². The van der Waals surface area contributed by atoms with E-state index in [-0.39, 0.29) is 0 Å². The Balaban J connectivity index is 1.60. The molecule has 3 nitrogen and oxygen atoms in total. The molecular formula is C14H29N3. The van der Waals surface area contributed by atoms with E-state index < -0.39 is 0 Å². The fraction of sp³-hybridized carbons (Fsp3) is 1.00. The lowest BCUT2D eigenvalue weighted by molar-refractivity contribution is 0.0751. The number of nitrogens with zero attached hydrogens (tertiary/aromatic N) is 2. The third-order valence-electron chi connectivity index (χ3n) is 4.38. The molecule has 0 spiro atoms. The summed E-state index contributed by atoms with van der Waals surface area (Å²) < 4.78 is 0. The van der Waals surface area contributed by atoms with Crippen LogP contribution in [0.5, 0.6) is 0 Å². The van der Waals surface area contributed by atoms with Crippen molar-refractivity contribution in [2.75, 3.05) is 39.3 Å². The Morgan fingerprint density at radius 3 is 2.29 bits per heavy atom. The number of hydrogen-bond acceptors (Lipinski definition) is 3. The van der Waals surface area contributed by atoms with Crippen LogP contribution in [0.25, 0.3) is 0 Å². The molecule has 0 atom stereocenters. The molecule has 17 heavy (non-hydrogen) atoms. The van der Waals surface area contributed by atoms with E-state index in [9.17, 15) is 0 Å². The zero-order valence-electron chi connectivity index (χ0n) is 11.8. The van der Waals surface area contributed by atoms with Gasteiger partial charge in [0.05, 0.1) is 0 Å². The van der Waals surface area contributed by atoms with Crippen LogP contribution in [0.3, 0.4) is 0 Å². The summed E-state index contributed by atoms with van der Waals surface area (Å²) in [5.41, 5.74) is 0. The predicted octanol–water partition coefficient (Wildman–Crippen LogP) is 1.40. The van der Waals surface area contributed by atoms with E-state index >= 15 is 0 Å². The van der Waals surface area contributed by atoms with E-state index in [0.717, 1.165) is 24.5 Å². The number of hydrogen-bond donors (Lipinski definition) is 1. The van der Waals surface area contributed by atoms with Gasteiger partial charge in [0.25, 0.3) is 0 Å². The summed E-state index contributed by atoms with van der Waals surface area (Å²) in [6, 6.07) is 1.54. The van der Waals surface area contributed by atoms with Gasteiger partial charge in [-0.3, -0.25) is 4.90 Å². The summed E-state index contributed by atoms with van der Waals surface area (Å²) in [5, 5.41) is 3.54. The van der Waals surface area contributed by atoms with E-state index in [1.54, 1.807) is 0 Å². The van der Waals surface area contributed by atoms with Crippen molar-refractivity contribution in [3.63, 3.8) is 0 Å². The minimum atomic E-state index is 0.721. The van der Waals surface area contributed by atoms with E-state index in [2.05, 4.69) is 35.9 Å². The van der Waals surface area contributed by atoms with Crippen molar-refractivity contribution < 1.29 is 0 Å². The van der Waals surface area contributed by atoms with Crippen LogP contribution in [0.15, 0.2) is 0 Å². The van der Waals surface area contributed by atoms with Crippen LogP contribution in [0, 0.1) is 5.92 Å². The molecule has 1 heterocycles. The van der Waals surface area contributed by atoms with E-state index in [4.69, 9.17) is 0 Å². The molecule has 3 heteroatoms. The van der Waals surface area contributed by atoms with Crippen molar-refractivity contribution in [3.05, 3.63) is 0 Å². The van der Waals surface area contributed by atoms with Crippen molar-refractivity contribution in [3.8, 4) is 0 Å². The minimum Gasteiger partial charge on any atom is -0.314 e. The lowest BCUT2D eigenvalue weighted by atomic mass is 9.80. The van der Waals surface area contributed by atoms with Gasteiger partial charge in [0.1, 0.15) is 0 Å². The summed E-state index contributed by atoms with van der Waals surface area (Å²) in [4.78, 5) is 5.27. The van der Waals surface area contributed by atoms with Crippen LogP contribution in [0.2, 0.25) is 0 Å². The highest BCUT2D eigenvalue weighted by Crippen LogP contribution is 2.28. The van der Waals surface area contributed by atoms with Crippen LogP contribution in [-0.4, -0.2) is 61.2 Å². The molecule has 1 aliphatic carbocycles. The zero-order valence-corrected chi connectivity index (χ0v) is 11.8. The second-order valence-electron chi connectivity index (χ2n) is 6.02. The number of rotatable bonds is 5. The zero-order chi connectivity index (χ0) is 12.3. The third kappa shape index (κ3) is 3.67. The smallest absolute Gasteiger partial charge is 0.0113 e. The van der Waals surface area contributed by atoms with E-state index in [1.165, 1.54) is 45.6 Å². The number of nitrogens with one attached hydrogen (secondary N) is 1. The van der Waals surface area contributed by atoms with E-state index in [1.807, 2.05) is 0 Å². The Morgan fingerprint density at radius 1 is 1.12 bits per heavy atom. The highest BCUT2D eigenvalue weighted by atomic mass is 15.3. The first-order chi connectivity index (χ1) is 8.19.